The Bertz CT molecular complexity index is 958. The summed E-state index contributed by atoms with van der Waals surface area (Å²) >= 11 is 3.39. The molecule has 3 rings (SSSR count). The molecule has 1 N–H and O–H groups in total. The second kappa shape index (κ2) is 8.10. The number of amides is 2. The lowest BCUT2D eigenvalue weighted by Crippen LogP contribution is -2.37. The number of rotatable bonds is 3. The van der Waals surface area contributed by atoms with Gasteiger partial charge in [0.05, 0.1) is 18.8 Å². The lowest BCUT2D eigenvalue weighted by molar-refractivity contribution is -0.116. The Morgan fingerprint density at radius 3 is 2.54 bits per heavy atom. The van der Waals surface area contributed by atoms with Crippen LogP contribution >= 0.6 is 15.9 Å². The minimum atomic E-state index is -0.825. The topological polar surface area (TPSA) is 58.6 Å². The van der Waals surface area contributed by atoms with Crippen molar-refractivity contribution in [3.05, 3.63) is 69.8 Å². The fraction of sp³-hybridized carbons (Fsp3) is 0.200. The largest absolute Gasteiger partial charge is 0.496 e. The van der Waals surface area contributed by atoms with Crippen LogP contribution in [-0.4, -0.2) is 23.8 Å². The lowest BCUT2D eigenvalue weighted by atomic mass is 9.97. The first-order chi connectivity index (χ1) is 13.3. The van der Waals surface area contributed by atoms with Crippen molar-refractivity contribution in [1.82, 2.24) is 4.90 Å². The predicted molar refractivity (Wildman–Crippen MR) is 104 cm³/mol. The molecule has 0 saturated carbocycles. The van der Waals surface area contributed by atoms with Crippen molar-refractivity contribution in [3.8, 4) is 5.75 Å². The summed E-state index contributed by atoms with van der Waals surface area (Å²) in [5.74, 6) is -1.20. The first-order valence-corrected chi connectivity index (χ1v) is 9.18. The average Bonchev–Trinajstić information content (AvgIpc) is 2.63. The van der Waals surface area contributed by atoms with Crippen molar-refractivity contribution in [2.75, 3.05) is 12.4 Å². The van der Waals surface area contributed by atoms with Crippen LogP contribution in [0.15, 0.2) is 47.1 Å². The lowest BCUT2D eigenvalue weighted by Gasteiger charge is -2.31. The third-order valence-corrected chi connectivity index (χ3v) is 5.04. The van der Waals surface area contributed by atoms with Crippen LogP contribution in [0.5, 0.6) is 5.75 Å². The van der Waals surface area contributed by atoms with E-state index in [1.165, 1.54) is 24.3 Å². The fourth-order valence-corrected chi connectivity index (χ4v) is 3.58. The minimum absolute atomic E-state index is 0.0782. The van der Waals surface area contributed by atoms with Crippen molar-refractivity contribution in [2.45, 2.75) is 19.4 Å². The van der Waals surface area contributed by atoms with E-state index in [0.29, 0.717) is 15.9 Å². The van der Waals surface area contributed by atoms with Gasteiger partial charge in [-0.15, -0.1) is 0 Å². The Hall–Kier alpha value is -2.74. The van der Waals surface area contributed by atoms with E-state index in [2.05, 4.69) is 21.2 Å². The van der Waals surface area contributed by atoms with Gasteiger partial charge in [0.2, 0.25) is 0 Å². The van der Waals surface area contributed by atoms with E-state index in [9.17, 15) is 18.4 Å². The van der Waals surface area contributed by atoms with E-state index in [0.717, 1.165) is 23.8 Å². The molecule has 0 aliphatic carbocycles. The van der Waals surface area contributed by atoms with Gasteiger partial charge in [0.1, 0.15) is 17.4 Å². The highest BCUT2D eigenvalue weighted by molar-refractivity contribution is 9.10. The highest BCUT2D eigenvalue weighted by Gasteiger charge is 2.30. The molecule has 2 aromatic carbocycles. The van der Waals surface area contributed by atoms with E-state index in [-0.39, 0.29) is 17.8 Å². The molecule has 2 amide bonds. The van der Waals surface area contributed by atoms with Gasteiger partial charge in [-0.3, -0.25) is 9.69 Å². The maximum Gasteiger partial charge on any atom is 0.326 e. The molecule has 1 aliphatic heterocycles. The van der Waals surface area contributed by atoms with Gasteiger partial charge < -0.3 is 10.1 Å². The summed E-state index contributed by atoms with van der Waals surface area (Å²) < 4.78 is 33.2. The molecule has 0 bridgehead atoms. The number of benzene rings is 2. The van der Waals surface area contributed by atoms with Gasteiger partial charge in [0.15, 0.2) is 5.78 Å². The molecule has 1 aliphatic rings. The molecule has 0 spiro atoms. The smallest absolute Gasteiger partial charge is 0.326 e. The van der Waals surface area contributed by atoms with Crippen molar-refractivity contribution < 1.29 is 23.1 Å². The molecule has 8 heteroatoms. The van der Waals surface area contributed by atoms with Crippen molar-refractivity contribution >= 4 is 33.4 Å². The number of carbonyl (C=O) groups excluding carboxylic acids is 2. The van der Waals surface area contributed by atoms with Gasteiger partial charge in [-0.25, -0.2) is 13.6 Å². The first kappa shape index (κ1) is 20.0. The third kappa shape index (κ3) is 4.22. The maximum absolute atomic E-state index is 13.6. The Morgan fingerprint density at radius 2 is 1.89 bits per heavy atom. The number of aryl methyl sites for hydroxylation is 1. The Kier molecular flexibility index (Phi) is 5.79. The highest BCUT2D eigenvalue weighted by Crippen LogP contribution is 2.33. The summed E-state index contributed by atoms with van der Waals surface area (Å²) in [6.45, 7) is 1.86. The van der Waals surface area contributed by atoms with Crippen LogP contribution in [0.3, 0.4) is 0 Å². The predicted octanol–water partition coefficient (Wildman–Crippen LogP) is 5.11. The van der Waals surface area contributed by atoms with Crippen LogP contribution in [-0.2, 0) is 4.79 Å². The summed E-state index contributed by atoms with van der Waals surface area (Å²) in [7, 11) is 1.52. The Morgan fingerprint density at radius 1 is 1.21 bits per heavy atom. The highest BCUT2D eigenvalue weighted by atomic mass is 79.9. The van der Waals surface area contributed by atoms with Crippen LogP contribution in [0, 0.1) is 18.6 Å². The number of ether oxygens (including phenoxy) is 1. The van der Waals surface area contributed by atoms with E-state index in [1.54, 1.807) is 12.1 Å². The van der Waals surface area contributed by atoms with Gasteiger partial charge in [0, 0.05) is 29.2 Å². The number of anilines is 1. The molecule has 1 atom stereocenters. The third-order valence-electron chi connectivity index (χ3n) is 4.38. The molecule has 1 heterocycles. The quantitative estimate of drug-likeness (QED) is 0.706. The number of halogens is 3. The second-order valence-corrected chi connectivity index (χ2v) is 7.20. The number of carbonyl (C=O) groups is 2. The first-order valence-electron chi connectivity index (χ1n) is 8.39. The number of urea groups is 1. The standard InChI is InChI=1S/C20H17BrF2N2O3/c1-11-5-16(21)17(10-19(11)28-2)24-20(27)25-4-3-15(26)9-18(25)12-6-13(22)8-14(23)7-12/h3-8,10,18H,9H2,1-2H3,(H,24,27)/t18-/m1/s1. The van der Waals surface area contributed by atoms with Crippen LogP contribution in [0.2, 0.25) is 0 Å². The molecule has 2 aromatic rings. The minimum Gasteiger partial charge on any atom is -0.496 e. The number of hydrogen-bond acceptors (Lipinski definition) is 3. The number of nitrogens with one attached hydrogen (secondary N) is 1. The molecular formula is C20H17BrF2N2O3. The number of ketones is 1. The van der Waals surface area contributed by atoms with E-state index < -0.39 is 23.7 Å². The summed E-state index contributed by atoms with van der Waals surface area (Å²) in [6.07, 6.45) is 2.50. The zero-order valence-corrected chi connectivity index (χ0v) is 16.7. The maximum atomic E-state index is 13.6. The molecule has 28 heavy (non-hydrogen) atoms. The Labute approximate surface area is 169 Å². The zero-order chi connectivity index (χ0) is 20.4. The molecule has 0 fully saturated rings. The van der Waals surface area contributed by atoms with Gasteiger partial charge in [0.25, 0.3) is 0 Å². The molecule has 5 nitrogen and oxygen atoms in total. The van der Waals surface area contributed by atoms with Crippen molar-refractivity contribution in [2.24, 2.45) is 0 Å². The van der Waals surface area contributed by atoms with Crippen molar-refractivity contribution in [3.63, 3.8) is 0 Å². The number of allylic oxidation sites excluding steroid dienone is 1. The number of nitrogens with zero attached hydrogens (tertiary/aromatic N) is 1. The van der Waals surface area contributed by atoms with Gasteiger partial charge in [-0.05, 0) is 58.3 Å². The van der Waals surface area contributed by atoms with Gasteiger partial charge in [-0.1, -0.05) is 0 Å². The molecule has 0 aromatic heterocycles. The molecule has 0 radical (unpaired) electrons. The molecule has 0 saturated heterocycles. The summed E-state index contributed by atoms with van der Waals surface area (Å²) in [5.41, 5.74) is 1.54. The van der Waals surface area contributed by atoms with Crippen LogP contribution in [0.25, 0.3) is 0 Å². The van der Waals surface area contributed by atoms with E-state index >= 15 is 0 Å². The normalized spacial score (nSPS) is 16.2. The van der Waals surface area contributed by atoms with Crippen LogP contribution < -0.4 is 10.1 Å². The van der Waals surface area contributed by atoms with E-state index in [4.69, 9.17) is 4.74 Å². The van der Waals surface area contributed by atoms with Crippen LogP contribution in [0.1, 0.15) is 23.6 Å². The number of methoxy groups -OCH3 is 1. The summed E-state index contributed by atoms with van der Waals surface area (Å²) in [5, 5.41) is 2.74. The van der Waals surface area contributed by atoms with Gasteiger partial charge in [-0.2, -0.15) is 0 Å². The molecule has 0 unspecified atom stereocenters. The van der Waals surface area contributed by atoms with Gasteiger partial charge >= 0.3 is 6.03 Å². The molecule has 146 valence electrons. The van der Waals surface area contributed by atoms with Crippen molar-refractivity contribution in [1.29, 1.82) is 0 Å². The summed E-state index contributed by atoms with van der Waals surface area (Å²) in [6, 6.07) is 5.05. The Balaban J connectivity index is 1.92. The zero-order valence-electron chi connectivity index (χ0n) is 15.1. The average molecular weight is 451 g/mol. The van der Waals surface area contributed by atoms with Crippen LogP contribution in [0.4, 0.5) is 19.3 Å². The molecular weight excluding hydrogens is 434 g/mol. The SMILES string of the molecule is COc1cc(NC(=O)N2C=CC(=O)C[C@@H]2c2cc(F)cc(F)c2)c(Br)cc1C. The van der Waals surface area contributed by atoms with E-state index in [1.807, 2.05) is 6.92 Å². The monoisotopic (exact) mass is 450 g/mol. The number of hydrogen-bond donors (Lipinski definition) is 1. The fourth-order valence-electron chi connectivity index (χ4n) is 3.03. The second-order valence-electron chi connectivity index (χ2n) is 6.34. The summed E-state index contributed by atoms with van der Waals surface area (Å²) in [4.78, 5) is 26.0.